The van der Waals surface area contributed by atoms with Crippen LogP contribution in [0.5, 0.6) is 5.75 Å². The van der Waals surface area contributed by atoms with E-state index in [9.17, 15) is 0 Å². The zero-order chi connectivity index (χ0) is 15.2. The summed E-state index contributed by atoms with van der Waals surface area (Å²) in [6.45, 7) is 10.8. The predicted molar refractivity (Wildman–Crippen MR) is 85.7 cm³/mol. The zero-order valence-corrected chi connectivity index (χ0v) is 13.4. The van der Waals surface area contributed by atoms with Crippen LogP contribution >= 0.6 is 0 Å². The van der Waals surface area contributed by atoms with E-state index in [0.717, 1.165) is 24.7 Å². The van der Waals surface area contributed by atoms with Crippen LogP contribution in [-0.4, -0.2) is 22.7 Å². The molecule has 0 aliphatic rings. The number of hydrogen-bond acceptors (Lipinski definition) is 3. The first-order valence-electron chi connectivity index (χ1n) is 7.56. The van der Waals surface area contributed by atoms with Crippen LogP contribution in [-0.2, 0) is 6.54 Å². The molecule has 4 nitrogen and oxygen atoms in total. The van der Waals surface area contributed by atoms with Crippen LogP contribution in [0.25, 0.3) is 0 Å². The zero-order valence-electron chi connectivity index (χ0n) is 13.4. The molecule has 0 radical (unpaired) electrons. The summed E-state index contributed by atoms with van der Waals surface area (Å²) in [7, 11) is 0. The molecule has 1 heterocycles. The van der Waals surface area contributed by atoms with Crippen molar-refractivity contribution in [1.82, 2.24) is 14.9 Å². The minimum Gasteiger partial charge on any atom is -0.491 e. The maximum Gasteiger partial charge on any atom is 0.124 e. The Morgan fingerprint density at radius 2 is 2.14 bits per heavy atom. The summed E-state index contributed by atoms with van der Waals surface area (Å²) in [5.41, 5.74) is 2.43. The molecule has 114 valence electrons. The highest BCUT2D eigenvalue weighted by atomic mass is 16.5. The Balaban J connectivity index is 2.04. The molecule has 2 aromatic rings. The number of nitrogens with zero attached hydrogens (tertiary/aromatic N) is 2. The SMILES string of the molecule is CCNC(C)c1ccc(C)cc1OCCn1ccnc1C. The normalized spacial score (nSPS) is 12.4. The van der Waals surface area contributed by atoms with Crippen LogP contribution in [0.2, 0.25) is 0 Å². The van der Waals surface area contributed by atoms with Crippen LogP contribution in [0.1, 0.15) is 36.8 Å². The summed E-state index contributed by atoms with van der Waals surface area (Å²) < 4.78 is 8.13. The Morgan fingerprint density at radius 3 is 2.81 bits per heavy atom. The lowest BCUT2D eigenvalue weighted by Gasteiger charge is -2.18. The number of benzene rings is 1. The number of rotatable bonds is 7. The second-order valence-corrected chi connectivity index (χ2v) is 5.34. The Morgan fingerprint density at radius 1 is 1.33 bits per heavy atom. The summed E-state index contributed by atoms with van der Waals surface area (Å²) in [6.07, 6.45) is 3.80. The van der Waals surface area contributed by atoms with Gasteiger partial charge in [0, 0.05) is 24.0 Å². The fourth-order valence-electron chi connectivity index (χ4n) is 2.43. The summed E-state index contributed by atoms with van der Waals surface area (Å²) in [6, 6.07) is 6.70. The average Bonchev–Trinajstić information content (AvgIpc) is 2.85. The molecule has 0 spiro atoms. The lowest BCUT2D eigenvalue weighted by atomic mass is 10.0. The molecule has 1 aromatic carbocycles. The summed E-state index contributed by atoms with van der Waals surface area (Å²) >= 11 is 0. The molecule has 1 aromatic heterocycles. The number of hydrogen-bond donors (Lipinski definition) is 1. The fraction of sp³-hybridized carbons (Fsp3) is 0.471. The van der Waals surface area contributed by atoms with Gasteiger partial charge >= 0.3 is 0 Å². The number of aromatic nitrogens is 2. The molecular weight excluding hydrogens is 262 g/mol. The van der Waals surface area contributed by atoms with E-state index >= 15 is 0 Å². The molecule has 4 heteroatoms. The Labute approximate surface area is 127 Å². The summed E-state index contributed by atoms with van der Waals surface area (Å²) in [5, 5.41) is 3.44. The minimum absolute atomic E-state index is 0.292. The van der Waals surface area contributed by atoms with Gasteiger partial charge in [0.1, 0.15) is 18.2 Å². The standard InChI is InChI=1S/C17H25N3O/c1-5-18-14(3)16-7-6-13(2)12-17(16)21-11-10-20-9-8-19-15(20)4/h6-9,12,14,18H,5,10-11H2,1-4H3. The Kier molecular flexibility index (Phi) is 5.39. The summed E-state index contributed by atoms with van der Waals surface area (Å²) in [4.78, 5) is 4.22. The molecule has 0 saturated heterocycles. The molecule has 0 fully saturated rings. The van der Waals surface area contributed by atoms with Gasteiger partial charge in [-0.05, 0) is 38.9 Å². The van der Waals surface area contributed by atoms with Crippen molar-refractivity contribution in [3.8, 4) is 5.75 Å². The third kappa shape index (κ3) is 4.08. The number of nitrogens with one attached hydrogen (secondary N) is 1. The average molecular weight is 287 g/mol. The maximum atomic E-state index is 6.03. The number of aryl methyl sites for hydroxylation is 2. The quantitative estimate of drug-likeness (QED) is 0.849. The van der Waals surface area contributed by atoms with Crippen molar-refractivity contribution in [3.05, 3.63) is 47.5 Å². The van der Waals surface area contributed by atoms with Gasteiger partial charge in [-0.15, -0.1) is 0 Å². The molecule has 0 bridgehead atoms. The van der Waals surface area contributed by atoms with Gasteiger partial charge in [0.15, 0.2) is 0 Å². The number of ether oxygens (including phenoxy) is 1. The molecule has 0 aliphatic heterocycles. The van der Waals surface area contributed by atoms with Crippen LogP contribution in [0.4, 0.5) is 0 Å². The van der Waals surface area contributed by atoms with E-state index in [1.54, 1.807) is 0 Å². The van der Waals surface area contributed by atoms with Gasteiger partial charge in [0.2, 0.25) is 0 Å². The third-order valence-electron chi connectivity index (χ3n) is 3.66. The van der Waals surface area contributed by atoms with Crippen molar-refractivity contribution >= 4 is 0 Å². The first-order valence-corrected chi connectivity index (χ1v) is 7.56. The second kappa shape index (κ2) is 7.27. The van der Waals surface area contributed by atoms with E-state index in [1.807, 2.05) is 19.3 Å². The predicted octanol–water partition coefficient (Wildman–Crippen LogP) is 3.25. The van der Waals surface area contributed by atoms with Gasteiger partial charge in [-0.3, -0.25) is 0 Å². The summed E-state index contributed by atoms with van der Waals surface area (Å²) in [5.74, 6) is 1.99. The van der Waals surface area contributed by atoms with Gasteiger partial charge in [0.05, 0.1) is 6.54 Å². The van der Waals surface area contributed by atoms with Gasteiger partial charge in [0.25, 0.3) is 0 Å². The van der Waals surface area contributed by atoms with E-state index in [-0.39, 0.29) is 0 Å². The molecule has 0 aliphatic carbocycles. The maximum absolute atomic E-state index is 6.03. The molecule has 1 unspecified atom stereocenters. The minimum atomic E-state index is 0.292. The Bertz CT molecular complexity index is 577. The molecule has 1 N–H and O–H groups in total. The van der Waals surface area contributed by atoms with Gasteiger partial charge < -0.3 is 14.6 Å². The second-order valence-electron chi connectivity index (χ2n) is 5.34. The highest BCUT2D eigenvalue weighted by Crippen LogP contribution is 2.26. The largest absolute Gasteiger partial charge is 0.491 e. The van der Waals surface area contributed by atoms with Crippen LogP contribution in [0, 0.1) is 13.8 Å². The molecular formula is C17H25N3O. The highest BCUT2D eigenvalue weighted by Gasteiger charge is 2.11. The molecule has 0 saturated carbocycles. The monoisotopic (exact) mass is 287 g/mol. The molecule has 2 rings (SSSR count). The first kappa shape index (κ1) is 15.6. The van der Waals surface area contributed by atoms with Crippen molar-refractivity contribution in [1.29, 1.82) is 0 Å². The number of imidazole rings is 1. The van der Waals surface area contributed by atoms with Gasteiger partial charge in [-0.25, -0.2) is 4.98 Å². The third-order valence-corrected chi connectivity index (χ3v) is 3.66. The van der Waals surface area contributed by atoms with E-state index < -0.39 is 0 Å². The van der Waals surface area contributed by atoms with E-state index in [2.05, 4.69) is 53.8 Å². The van der Waals surface area contributed by atoms with Crippen LogP contribution < -0.4 is 10.1 Å². The highest BCUT2D eigenvalue weighted by molar-refractivity contribution is 5.39. The lowest BCUT2D eigenvalue weighted by Crippen LogP contribution is -2.19. The van der Waals surface area contributed by atoms with Crippen molar-refractivity contribution in [2.45, 2.75) is 40.3 Å². The van der Waals surface area contributed by atoms with Gasteiger partial charge in [-0.1, -0.05) is 19.1 Å². The van der Waals surface area contributed by atoms with Crippen LogP contribution in [0.3, 0.4) is 0 Å². The molecule has 0 amide bonds. The van der Waals surface area contributed by atoms with Crippen LogP contribution in [0.15, 0.2) is 30.6 Å². The fourth-order valence-corrected chi connectivity index (χ4v) is 2.43. The van der Waals surface area contributed by atoms with Crippen molar-refractivity contribution < 1.29 is 4.74 Å². The van der Waals surface area contributed by atoms with Crippen molar-refractivity contribution in [2.75, 3.05) is 13.2 Å². The smallest absolute Gasteiger partial charge is 0.124 e. The topological polar surface area (TPSA) is 39.1 Å². The Hall–Kier alpha value is -1.81. The van der Waals surface area contributed by atoms with Gasteiger partial charge in [-0.2, -0.15) is 0 Å². The van der Waals surface area contributed by atoms with Crippen molar-refractivity contribution in [3.63, 3.8) is 0 Å². The first-order chi connectivity index (χ1) is 10.1. The van der Waals surface area contributed by atoms with E-state index in [4.69, 9.17) is 4.74 Å². The van der Waals surface area contributed by atoms with E-state index in [0.29, 0.717) is 12.6 Å². The van der Waals surface area contributed by atoms with E-state index in [1.165, 1.54) is 11.1 Å². The molecule has 21 heavy (non-hydrogen) atoms. The molecule has 1 atom stereocenters. The van der Waals surface area contributed by atoms with Crippen molar-refractivity contribution in [2.24, 2.45) is 0 Å². The lowest BCUT2D eigenvalue weighted by molar-refractivity contribution is 0.291.